The Labute approximate surface area is 518 Å². The van der Waals surface area contributed by atoms with Crippen molar-refractivity contribution in [2.45, 2.75) is 412 Å². The van der Waals surface area contributed by atoms with Gasteiger partial charge in [0.25, 0.3) is 0 Å². The van der Waals surface area contributed by atoms with Crippen LogP contribution in [-0.2, 0) is 28.6 Å². The first-order valence-corrected chi connectivity index (χ1v) is 37.1. The van der Waals surface area contributed by atoms with E-state index in [1.807, 2.05) is 0 Å². The first-order chi connectivity index (χ1) is 41.0. The van der Waals surface area contributed by atoms with E-state index in [4.69, 9.17) is 14.2 Å². The van der Waals surface area contributed by atoms with Crippen molar-refractivity contribution >= 4 is 17.9 Å². The lowest BCUT2D eigenvalue weighted by molar-refractivity contribution is -0.167. The summed E-state index contributed by atoms with van der Waals surface area (Å²) < 4.78 is 17.0. The standard InChI is InChI=1S/C77H142O6/c1-4-7-10-13-16-19-22-25-28-31-34-36-37-38-39-41-43-46-49-52-55-58-61-64-67-70-76(79)82-73-74(72-81-75(78)69-66-63-60-57-54-51-48-45-42-33-30-27-24-21-18-15-12-9-6-3)83-77(80)71-68-65-62-59-56-53-50-47-44-40-35-32-29-26-23-20-17-14-11-8-5-2/h8,11,17,20,26,29,35,40,74H,4-7,9-10,12-16,18-19,21-25,27-28,30-34,36-39,41-73H2,1-3H3/b11-8-,20-17-,29-26-,40-35-. The summed E-state index contributed by atoms with van der Waals surface area (Å²) in [6.45, 7) is 6.61. The Morgan fingerprint density at radius 1 is 0.253 bits per heavy atom. The van der Waals surface area contributed by atoms with Gasteiger partial charge in [0.1, 0.15) is 13.2 Å². The van der Waals surface area contributed by atoms with Crippen molar-refractivity contribution in [3.8, 4) is 0 Å². The van der Waals surface area contributed by atoms with Crippen molar-refractivity contribution in [2.24, 2.45) is 0 Å². The Balaban J connectivity index is 4.30. The van der Waals surface area contributed by atoms with Gasteiger partial charge in [-0.25, -0.2) is 0 Å². The van der Waals surface area contributed by atoms with Crippen LogP contribution in [0.4, 0.5) is 0 Å². The van der Waals surface area contributed by atoms with Crippen LogP contribution >= 0.6 is 0 Å². The molecule has 83 heavy (non-hydrogen) atoms. The number of esters is 3. The van der Waals surface area contributed by atoms with Crippen LogP contribution in [0.3, 0.4) is 0 Å². The van der Waals surface area contributed by atoms with Crippen LogP contribution in [0.1, 0.15) is 406 Å². The molecule has 0 radical (unpaired) electrons. The van der Waals surface area contributed by atoms with Crippen LogP contribution in [0.25, 0.3) is 0 Å². The number of hydrogen-bond donors (Lipinski definition) is 0. The normalized spacial score (nSPS) is 12.3. The molecule has 0 saturated heterocycles. The van der Waals surface area contributed by atoms with E-state index in [0.717, 1.165) is 89.9 Å². The number of ether oxygens (including phenoxy) is 3. The van der Waals surface area contributed by atoms with E-state index in [1.165, 1.54) is 276 Å². The van der Waals surface area contributed by atoms with Crippen molar-refractivity contribution in [1.29, 1.82) is 0 Å². The molecule has 0 heterocycles. The third-order valence-corrected chi connectivity index (χ3v) is 16.8. The molecule has 0 amide bonds. The van der Waals surface area contributed by atoms with Crippen LogP contribution in [0.5, 0.6) is 0 Å². The topological polar surface area (TPSA) is 78.9 Å². The summed E-state index contributed by atoms with van der Waals surface area (Å²) in [6.07, 6.45) is 91.5. The van der Waals surface area contributed by atoms with E-state index in [2.05, 4.69) is 69.4 Å². The summed E-state index contributed by atoms with van der Waals surface area (Å²) in [5.41, 5.74) is 0. The molecule has 0 saturated carbocycles. The van der Waals surface area contributed by atoms with E-state index in [0.29, 0.717) is 19.3 Å². The minimum absolute atomic E-state index is 0.0706. The lowest BCUT2D eigenvalue weighted by atomic mass is 10.0. The summed E-state index contributed by atoms with van der Waals surface area (Å²) in [5, 5.41) is 0. The minimum atomic E-state index is -0.777. The molecule has 0 aliphatic heterocycles. The number of rotatable bonds is 69. The van der Waals surface area contributed by atoms with Gasteiger partial charge in [0.2, 0.25) is 0 Å². The molecule has 6 heteroatoms. The molecule has 1 atom stereocenters. The molecule has 0 spiro atoms. The van der Waals surface area contributed by atoms with E-state index in [9.17, 15) is 14.4 Å². The molecule has 1 unspecified atom stereocenters. The van der Waals surface area contributed by atoms with E-state index in [1.54, 1.807) is 0 Å². The molecule has 0 fully saturated rings. The van der Waals surface area contributed by atoms with Crippen molar-refractivity contribution in [1.82, 2.24) is 0 Å². The molecule has 0 aliphatic rings. The largest absolute Gasteiger partial charge is 0.462 e. The number of carbonyl (C=O) groups excluding carboxylic acids is 3. The van der Waals surface area contributed by atoms with E-state index >= 15 is 0 Å². The monoisotopic (exact) mass is 1160 g/mol. The highest BCUT2D eigenvalue weighted by Gasteiger charge is 2.20. The first-order valence-electron chi connectivity index (χ1n) is 37.1. The maximum atomic E-state index is 13.0. The summed E-state index contributed by atoms with van der Waals surface area (Å²) in [5.74, 6) is -0.846. The predicted molar refractivity (Wildman–Crippen MR) is 362 cm³/mol. The summed E-state index contributed by atoms with van der Waals surface area (Å²) in [4.78, 5) is 38.6. The third-order valence-electron chi connectivity index (χ3n) is 16.8. The highest BCUT2D eigenvalue weighted by molar-refractivity contribution is 5.71. The van der Waals surface area contributed by atoms with Gasteiger partial charge < -0.3 is 14.2 Å². The van der Waals surface area contributed by atoms with Crippen LogP contribution in [-0.4, -0.2) is 37.2 Å². The lowest BCUT2D eigenvalue weighted by Crippen LogP contribution is -2.30. The maximum Gasteiger partial charge on any atom is 0.306 e. The SMILES string of the molecule is CC/C=C\C/C=C\C/C=C\C/C=C\CCCCCCCCCCC(=O)OC(COC(=O)CCCCCCCCCCCCCCCCCCCCC)COC(=O)CCCCCCCCCCCCCCCCCCCCCCCCCCC. The molecule has 486 valence electrons. The molecule has 0 aromatic carbocycles. The Kier molecular flexibility index (Phi) is 69.6. The molecular weight excluding hydrogens is 1020 g/mol. The van der Waals surface area contributed by atoms with E-state index in [-0.39, 0.29) is 31.1 Å². The Bertz CT molecular complexity index is 1430. The Morgan fingerprint density at radius 3 is 0.735 bits per heavy atom. The van der Waals surface area contributed by atoms with Crippen LogP contribution in [0.15, 0.2) is 48.6 Å². The number of hydrogen-bond acceptors (Lipinski definition) is 6. The quantitative estimate of drug-likeness (QED) is 0.0261. The van der Waals surface area contributed by atoms with Crippen LogP contribution in [0, 0.1) is 0 Å². The summed E-state index contributed by atoms with van der Waals surface area (Å²) in [6, 6.07) is 0. The molecule has 0 N–H and O–H groups in total. The second kappa shape index (κ2) is 71.8. The molecular formula is C77H142O6. The zero-order valence-corrected chi connectivity index (χ0v) is 56.0. The molecule has 6 nitrogen and oxygen atoms in total. The zero-order valence-electron chi connectivity index (χ0n) is 56.0. The van der Waals surface area contributed by atoms with Gasteiger partial charge in [-0.05, 0) is 57.8 Å². The number of unbranched alkanes of at least 4 members (excludes halogenated alkanes) is 50. The summed E-state index contributed by atoms with van der Waals surface area (Å²) >= 11 is 0. The van der Waals surface area contributed by atoms with Gasteiger partial charge in [-0.1, -0.05) is 378 Å². The van der Waals surface area contributed by atoms with Crippen molar-refractivity contribution in [3.05, 3.63) is 48.6 Å². The fraction of sp³-hybridized carbons (Fsp3) is 0.857. The minimum Gasteiger partial charge on any atom is -0.462 e. The van der Waals surface area contributed by atoms with Gasteiger partial charge in [0, 0.05) is 19.3 Å². The molecule has 0 aromatic heterocycles. The van der Waals surface area contributed by atoms with Crippen LogP contribution < -0.4 is 0 Å². The third kappa shape index (κ3) is 70.0. The molecule has 0 bridgehead atoms. The smallest absolute Gasteiger partial charge is 0.306 e. The van der Waals surface area contributed by atoms with Crippen LogP contribution in [0.2, 0.25) is 0 Å². The van der Waals surface area contributed by atoms with Crippen molar-refractivity contribution in [2.75, 3.05) is 13.2 Å². The Morgan fingerprint density at radius 2 is 0.470 bits per heavy atom. The van der Waals surface area contributed by atoms with Gasteiger partial charge >= 0.3 is 17.9 Å². The van der Waals surface area contributed by atoms with Gasteiger partial charge in [-0.2, -0.15) is 0 Å². The predicted octanol–water partition coefficient (Wildman–Crippen LogP) is 25.7. The molecule has 0 rings (SSSR count). The Hall–Kier alpha value is -2.63. The molecule has 0 aliphatic carbocycles. The highest BCUT2D eigenvalue weighted by Crippen LogP contribution is 2.19. The van der Waals surface area contributed by atoms with E-state index < -0.39 is 6.10 Å². The van der Waals surface area contributed by atoms with Gasteiger partial charge in [0.15, 0.2) is 6.10 Å². The summed E-state index contributed by atoms with van der Waals surface area (Å²) in [7, 11) is 0. The van der Waals surface area contributed by atoms with Gasteiger partial charge in [-0.15, -0.1) is 0 Å². The number of allylic oxidation sites excluding steroid dienone is 8. The fourth-order valence-electron chi connectivity index (χ4n) is 11.3. The van der Waals surface area contributed by atoms with Gasteiger partial charge in [-0.3, -0.25) is 14.4 Å². The second-order valence-electron chi connectivity index (χ2n) is 25.2. The van der Waals surface area contributed by atoms with Crippen molar-refractivity contribution < 1.29 is 28.6 Å². The average Bonchev–Trinajstić information content (AvgIpc) is 3.50. The highest BCUT2D eigenvalue weighted by atomic mass is 16.6. The fourth-order valence-corrected chi connectivity index (χ4v) is 11.3. The molecule has 0 aromatic rings. The second-order valence-corrected chi connectivity index (χ2v) is 25.2. The van der Waals surface area contributed by atoms with Crippen molar-refractivity contribution in [3.63, 3.8) is 0 Å². The first kappa shape index (κ1) is 80.4. The average molecular weight is 1160 g/mol. The lowest BCUT2D eigenvalue weighted by Gasteiger charge is -2.18. The zero-order chi connectivity index (χ0) is 59.9. The maximum absolute atomic E-state index is 13.0. The number of carbonyl (C=O) groups is 3. The van der Waals surface area contributed by atoms with Gasteiger partial charge in [0.05, 0.1) is 0 Å².